The molecule has 0 aliphatic carbocycles. The second kappa shape index (κ2) is 8.05. The highest BCUT2D eigenvalue weighted by Crippen LogP contribution is 2.27. The maximum atomic E-state index is 12.9. The molecule has 0 radical (unpaired) electrons. The highest BCUT2D eigenvalue weighted by Gasteiger charge is 2.27. The second-order valence-electron chi connectivity index (χ2n) is 7.29. The van der Waals surface area contributed by atoms with E-state index < -0.39 is 0 Å². The van der Waals surface area contributed by atoms with E-state index >= 15 is 0 Å². The maximum absolute atomic E-state index is 12.9. The summed E-state index contributed by atoms with van der Waals surface area (Å²) in [6.07, 6.45) is 5.31. The number of nitrogens with one attached hydrogen (secondary N) is 1. The fourth-order valence-electron chi connectivity index (χ4n) is 3.99. The van der Waals surface area contributed by atoms with Crippen molar-refractivity contribution in [3.05, 3.63) is 53.1 Å². The van der Waals surface area contributed by atoms with Gasteiger partial charge in [-0.2, -0.15) is 0 Å². The summed E-state index contributed by atoms with van der Waals surface area (Å²) in [5, 5.41) is 3.35. The zero-order valence-electron chi connectivity index (χ0n) is 15.8. The van der Waals surface area contributed by atoms with Crippen LogP contribution in [0.4, 0.5) is 0 Å². The van der Waals surface area contributed by atoms with Crippen molar-refractivity contribution in [2.75, 3.05) is 26.7 Å². The Morgan fingerprint density at radius 2 is 2.26 bits per heavy atom. The second-order valence-corrected chi connectivity index (χ2v) is 7.29. The van der Waals surface area contributed by atoms with Crippen molar-refractivity contribution < 1.29 is 9.53 Å². The average molecular weight is 366 g/mol. The molecule has 142 valence electrons. The quantitative estimate of drug-likeness (QED) is 0.897. The van der Waals surface area contributed by atoms with E-state index in [0.717, 1.165) is 61.7 Å². The van der Waals surface area contributed by atoms with E-state index in [4.69, 9.17) is 9.72 Å². The number of piperidine rings is 1. The van der Waals surface area contributed by atoms with Gasteiger partial charge in [0, 0.05) is 61.5 Å². The minimum Gasteiger partial charge on any atom is -0.496 e. The number of hydrogen-bond donors (Lipinski definition) is 1. The molecule has 0 spiro atoms. The van der Waals surface area contributed by atoms with Crippen LogP contribution in [0.25, 0.3) is 0 Å². The molecular formula is C21H26N4O2. The van der Waals surface area contributed by atoms with E-state index in [9.17, 15) is 4.79 Å². The van der Waals surface area contributed by atoms with Gasteiger partial charge in [-0.1, -0.05) is 18.2 Å². The highest BCUT2D eigenvalue weighted by atomic mass is 16.5. The van der Waals surface area contributed by atoms with Crippen molar-refractivity contribution >= 4 is 5.91 Å². The van der Waals surface area contributed by atoms with Gasteiger partial charge in [0.05, 0.1) is 13.5 Å². The van der Waals surface area contributed by atoms with Crippen molar-refractivity contribution in [2.24, 2.45) is 0 Å². The Bertz CT molecular complexity index is 824. The number of benzene rings is 1. The van der Waals surface area contributed by atoms with E-state index in [1.54, 1.807) is 7.11 Å². The van der Waals surface area contributed by atoms with Crippen LogP contribution < -0.4 is 10.1 Å². The summed E-state index contributed by atoms with van der Waals surface area (Å²) in [4.78, 5) is 24.3. The zero-order valence-corrected chi connectivity index (χ0v) is 15.8. The molecule has 2 aliphatic heterocycles. The van der Waals surface area contributed by atoms with Crippen LogP contribution in [0.3, 0.4) is 0 Å². The molecule has 6 heteroatoms. The maximum Gasteiger partial charge on any atom is 0.227 e. The van der Waals surface area contributed by atoms with Gasteiger partial charge >= 0.3 is 0 Å². The fourth-order valence-corrected chi connectivity index (χ4v) is 3.99. The Kier molecular flexibility index (Phi) is 5.34. The summed E-state index contributed by atoms with van der Waals surface area (Å²) in [6, 6.07) is 7.73. The molecule has 4 rings (SSSR count). The first kappa shape index (κ1) is 17.9. The van der Waals surface area contributed by atoms with Crippen molar-refractivity contribution in [1.82, 2.24) is 20.2 Å². The number of carbonyl (C=O) groups excluding carboxylic acids is 1. The van der Waals surface area contributed by atoms with E-state index in [2.05, 4.69) is 10.3 Å². The van der Waals surface area contributed by atoms with Gasteiger partial charge in [0.25, 0.3) is 0 Å². The van der Waals surface area contributed by atoms with Crippen molar-refractivity contribution in [2.45, 2.75) is 38.1 Å². The molecule has 1 unspecified atom stereocenters. The van der Waals surface area contributed by atoms with Crippen LogP contribution in [0.5, 0.6) is 5.75 Å². The number of amides is 1. The van der Waals surface area contributed by atoms with Gasteiger partial charge in [-0.25, -0.2) is 9.97 Å². The molecule has 3 heterocycles. The Balaban J connectivity index is 1.45. The predicted molar refractivity (Wildman–Crippen MR) is 103 cm³/mol. The molecule has 1 amide bonds. The monoisotopic (exact) mass is 366 g/mol. The molecule has 1 atom stereocenters. The van der Waals surface area contributed by atoms with Crippen LogP contribution >= 0.6 is 0 Å². The number of methoxy groups -OCH3 is 1. The summed E-state index contributed by atoms with van der Waals surface area (Å²) in [5.41, 5.74) is 3.30. The summed E-state index contributed by atoms with van der Waals surface area (Å²) in [6.45, 7) is 3.33. The normalized spacial score (nSPS) is 19.4. The minimum atomic E-state index is 0.145. The third kappa shape index (κ3) is 3.95. The van der Waals surface area contributed by atoms with E-state index in [0.29, 0.717) is 13.0 Å². The number of nitrogens with zero attached hydrogens (tertiary/aromatic N) is 3. The van der Waals surface area contributed by atoms with Gasteiger partial charge < -0.3 is 15.0 Å². The summed E-state index contributed by atoms with van der Waals surface area (Å²) in [5.74, 6) is 2.03. The van der Waals surface area contributed by atoms with Gasteiger partial charge in [0.15, 0.2) is 0 Å². The Hall–Kier alpha value is -2.47. The van der Waals surface area contributed by atoms with Gasteiger partial charge in [-0.15, -0.1) is 0 Å². The molecule has 1 fully saturated rings. The van der Waals surface area contributed by atoms with Crippen LogP contribution in [0, 0.1) is 0 Å². The molecule has 1 aromatic heterocycles. The van der Waals surface area contributed by atoms with E-state index in [1.807, 2.05) is 35.4 Å². The first-order valence-corrected chi connectivity index (χ1v) is 9.69. The third-order valence-corrected chi connectivity index (χ3v) is 5.50. The number of ether oxygens (including phenoxy) is 1. The van der Waals surface area contributed by atoms with E-state index in [-0.39, 0.29) is 11.8 Å². The average Bonchev–Trinajstić information content (AvgIpc) is 2.74. The van der Waals surface area contributed by atoms with Crippen LogP contribution in [-0.2, 0) is 24.2 Å². The van der Waals surface area contributed by atoms with Gasteiger partial charge in [-0.05, 0) is 18.9 Å². The van der Waals surface area contributed by atoms with Crippen molar-refractivity contribution in [3.63, 3.8) is 0 Å². The van der Waals surface area contributed by atoms with Crippen molar-refractivity contribution in [3.8, 4) is 5.75 Å². The molecule has 2 aliphatic rings. The minimum absolute atomic E-state index is 0.145. The van der Waals surface area contributed by atoms with Gasteiger partial charge in [-0.3, -0.25) is 4.79 Å². The zero-order chi connectivity index (χ0) is 18.6. The smallest absolute Gasteiger partial charge is 0.227 e. The number of carbonyl (C=O) groups is 1. The molecule has 0 bridgehead atoms. The van der Waals surface area contributed by atoms with Gasteiger partial charge in [0.1, 0.15) is 11.6 Å². The van der Waals surface area contributed by atoms with Crippen LogP contribution in [0.1, 0.15) is 41.4 Å². The first-order valence-electron chi connectivity index (χ1n) is 9.69. The Morgan fingerprint density at radius 3 is 3.15 bits per heavy atom. The lowest BCUT2D eigenvalue weighted by molar-refractivity contribution is -0.131. The largest absolute Gasteiger partial charge is 0.496 e. The summed E-state index contributed by atoms with van der Waals surface area (Å²) in [7, 11) is 1.64. The topological polar surface area (TPSA) is 67.3 Å². The number of para-hydroxylation sites is 1. The number of likely N-dealkylation sites (tertiary alicyclic amines) is 1. The first-order chi connectivity index (χ1) is 13.2. The molecule has 2 aromatic rings. The Morgan fingerprint density at radius 1 is 1.37 bits per heavy atom. The number of fused-ring (bicyclic) bond motifs is 1. The lowest BCUT2D eigenvalue weighted by atomic mass is 9.96. The molecule has 0 saturated carbocycles. The van der Waals surface area contributed by atoms with Crippen molar-refractivity contribution in [1.29, 1.82) is 0 Å². The number of hydrogen-bond acceptors (Lipinski definition) is 5. The predicted octanol–water partition coefficient (Wildman–Crippen LogP) is 2.08. The fraction of sp³-hybridized carbons (Fsp3) is 0.476. The number of aromatic nitrogens is 2. The molecular weight excluding hydrogens is 340 g/mol. The standard InChI is InChI=1S/C21H26N4O2/c1-27-19-7-3-2-5-15(19)11-20(26)25-10-4-6-16(14-25)21-23-13-17-12-22-9-8-18(17)24-21/h2-3,5,7,13,16,22H,4,6,8-12,14H2,1H3. The van der Waals surface area contributed by atoms with Gasteiger partial charge in [0.2, 0.25) is 5.91 Å². The van der Waals surface area contributed by atoms with E-state index in [1.165, 1.54) is 5.56 Å². The highest BCUT2D eigenvalue weighted by molar-refractivity contribution is 5.79. The van der Waals surface area contributed by atoms with Crippen LogP contribution in [-0.4, -0.2) is 47.5 Å². The lowest BCUT2D eigenvalue weighted by Crippen LogP contribution is -2.40. The molecule has 1 N–H and O–H groups in total. The van der Waals surface area contributed by atoms with Crippen LogP contribution in [0.15, 0.2) is 30.5 Å². The summed E-state index contributed by atoms with van der Waals surface area (Å²) < 4.78 is 5.38. The third-order valence-electron chi connectivity index (χ3n) is 5.50. The van der Waals surface area contributed by atoms with Crippen LogP contribution in [0.2, 0.25) is 0 Å². The molecule has 27 heavy (non-hydrogen) atoms. The molecule has 6 nitrogen and oxygen atoms in total. The summed E-state index contributed by atoms with van der Waals surface area (Å²) >= 11 is 0. The lowest BCUT2D eigenvalue weighted by Gasteiger charge is -2.32. The SMILES string of the molecule is COc1ccccc1CC(=O)N1CCCC(c2ncc3c(n2)CCNC3)C1. The Labute approximate surface area is 160 Å². The number of rotatable bonds is 4. The molecule has 1 saturated heterocycles. The molecule has 1 aromatic carbocycles.